The number of halogens is 1. The number of aromatic amines is 1. The van der Waals surface area contributed by atoms with Crippen LogP contribution in [0.1, 0.15) is 51.5 Å². The Morgan fingerprint density at radius 1 is 1.24 bits per heavy atom. The lowest BCUT2D eigenvalue weighted by molar-refractivity contribution is -0.241. The minimum Gasteiger partial charge on any atom is -0.361 e. The van der Waals surface area contributed by atoms with E-state index in [0.717, 1.165) is 60.3 Å². The first-order valence-corrected chi connectivity index (χ1v) is 15.0. The van der Waals surface area contributed by atoms with Gasteiger partial charge >= 0.3 is 0 Å². The molecule has 4 fully saturated rings. The molecule has 0 spiro atoms. The van der Waals surface area contributed by atoms with Gasteiger partial charge < -0.3 is 4.98 Å². The fourth-order valence-electron chi connectivity index (χ4n) is 9.36. The van der Waals surface area contributed by atoms with Crippen molar-refractivity contribution < 1.29 is 18.8 Å². The van der Waals surface area contributed by atoms with Gasteiger partial charge in [-0.05, 0) is 73.6 Å². The maximum atomic E-state index is 13.9. The predicted molar refractivity (Wildman–Crippen MR) is 147 cm³/mol. The average Bonchev–Trinajstić information content (AvgIpc) is 3.55. The van der Waals surface area contributed by atoms with E-state index >= 15 is 0 Å². The first-order valence-electron chi connectivity index (χ1n) is 14.0. The van der Waals surface area contributed by atoms with Crippen LogP contribution in [0.25, 0.3) is 10.9 Å². The summed E-state index contributed by atoms with van der Waals surface area (Å²) in [6, 6.07) is 7.50. The number of hydrogen-bond donors (Lipinski definition) is 1. The Kier molecular flexibility index (Phi) is 5.64. The van der Waals surface area contributed by atoms with Gasteiger partial charge in [-0.25, -0.2) is 4.39 Å². The summed E-state index contributed by atoms with van der Waals surface area (Å²) in [6.07, 6.45) is 12.5. The minimum absolute atomic E-state index is 0.0428. The molecule has 1 aliphatic heterocycles. The van der Waals surface area contributed by atoms with Crippen LogP contribution < -0.4 is 0 Å². The van der Waals surface area contributed by atoms with E-state index in [1.54, 1.807) is 6.08 Å². The number of rotatable bonds is 4. The standard InChI is InChI=1S/C31H35FN2O3S/c1-29-11-9-22(35)13-20(29)7-8-24-25(29)10-12-30(2)26(24)14-21-17-34(37-31(21,30)28(36)38-18-32)16-19-15-33-27-6-4-3-5-23(19)27/h3-6,9,11,13,15,21,24-26,33H,7-8,10,12,14,16-18H2,1-2H3. The lowest BCUT2D eigenvalue weighted by Gasteiger charge is -2.58. The van der Waals surface area contributed by atoms with Crippen LogP contribution in [0.3, 0.4) is 0 Å². The summed E-state index contributed by atoms with van der Waals surface area (Å²) in [4.78, 5) is 36.2. The Morgan fingerprint density at radius 2 is 2.08 bits per heavy atom. The minimum atomic E-state index is -0.999. The molecule has 1 aromatic carbocycles. The molecule has 2 heterocycles. The largest absolute Gasteiger partial charge is 0.361 e. The third kappa shape index (κ3) is 3.24. The fraction of sp³-hybridized carbons (Fsp3) is 0.548. The maximum absolute atomic E-state index is 13.9. The van der Waals surface area contributed by atoms with Gasteiger partial charge in [-0.15, -0.1) is 0 Å². The summed E-state index contributed by atoms with van der Waals surface area (Å²) >= 11 is 0.788. The zero-order valence-corrected chi connectivity index (χ0v) is 22.9. The Labute approximate surface area is 227 Å². The van der Waals surface area contributed by atoms with E-state index in [2.05, 4.69) is 37.0 Å². The number of carbonyl (C=O) groups is 2. The third-order valence-corrected chi connectivity index (χ3v) is 11.8. The number of H-pyrrole nitrogens is 1. The van der Waals surface area contributed by atoms with Crippen molar-refractivity contribution in [1.29, 1.82) is 0 Å². The van der Waals surface area contributed by atoms with Gasteiger partial charge in [0.05, 0.1) is 6.54 Å². The van der Waals surface area contributed by atoms with Gasteiger partial charge in [0.1, 0.15) is 6.01 Å². The number of benzene rings is 1. The van der Waals surface area contributed by atoms with Crippen LogP contribution in [-0.2, 0) is 21.0 Å². The first-order chi connectivity index (χ1) is 18.3. The predicted octanol–water partition coefficient (Wildman–Crippen LogP) is 6.37. The van der Waals surface area contributed by atoms with Crippen LogP contribution in [0.4, 0.5) is 4.39 Å². The highest BCUT2D eigenvalue weighted by Crippen LogP contribution is 2.71. The zero-order valence-electron chi connectivity index (χ0n) is 22.0. The lowest BCUT2D eigenvalue weighted by atomic mass is 9.47. The number of carbonyl (C=O) groups excluding carboxylic acids is 2. The summed E-state index contributed by atoms with van der Waals surface area (Å²) in [5.41, 5.74) is 2.06. The summed E-state index contributed by atoms with van der Waals surface area (Å²) in [6.45, 7) is 5.83. The SMILES string of the molecule is CC12C=CC(=O)C=C1CCC1C2CCC2(C)C1CC1CN(Cc3c[nH]c4ccccc34)OC12C(=O)SCF. The van der Waals surface area contributed by atoms with Gasteiger partial charge in [0.2, 0.25) is 5.12 Å². The Hall–Kier alpha value is -2.22. The normalized spacial score (nSPS) is 40.0. The quantitative estimate of drug-likeness (QED) is 0.494. The fourth-order valence-corrected chi connectivity index (χ4v) is 10.1. The molecule has 7 heteroatoms. The number of thioether (sulfide) groups is 1. The average molecular weight is 535 g/mol. The number of nitrogens with one attached hydrogen (secondary N) is 1. The highest BCUT2D eigenvalue weighted by Gasteiger charge is 2.74. The number of alkyl halides is 1. The highest BCUT2D eigenvalue weighted by molar-refractivity contribution is 8.13. The van der Waals surface area contributed by atoms with Crippen LogP contribution in [0, 0.1) is 34.5 Å². The van der Waals surface area contributed by atoms with Crippen molar-refractivity contribution in [2.75, 3.05) is 12.6 Å². The number of hydroxylamine groups is 2. The van der Waals surface area contributed by atoms with E-state index in [0.29, 0.717) is 30.8 Å². The molecular formula is C31H35FN2O3S. The number of nitrogens with zero attached hydrogens (tertiary/aromatic N) is 1. The number of allylic oxidation sites excluding steroid dienone is 4. The van der Waals surface area contributed by atoms with Gasteiger partial charge in [0.25, 0.3) is 0 Å². The Balaban J connectivity index is 1.21. The van der Waals surface area contributed by atoms with Gasteiger partial charge in [0.15, 0.2) is 11.4 Å². The lowest BCUT2D eigenvalue weighted by Crippen LogP contribution is -2.58. The Morgan fingerprint density at radius 3 is 2.92 bits per heavy atom. The van der Waals surface area contributed by atoms with Crippen LogP contribution in [0.15, 0.2) is 54.3 Å². The zero-order chi connectivity index (χ0) is 26.3. The number of ketones is 1. The third-order valence-electron chi connectivity index (χ3n) is 11.1. The highest BCUT2D eigenvalue weighted by atomic mass is 32.2. The van der Waals surface area contributed by atoms with E-state index in [4.69, 9.17) is 4.84 Å². The molecule has 5 nitrogen and oxygen atoms in total. The van der Waals surface area contributed by atoms with Crippen molar-refractivity contribution in [2.45, 2.75) is 58.1 Å². The molecule has 200 valence electrons. The van der Waals surface area contributed by atoms with E-state index in [1.165, 1.54) is 5.57 Å². The number of aromatic nitrogens is 1. The molecule has 7 atom stereocenters. The van der Waals surface area contributed by atoms with Crippen LogP contribution in [-0.4, -0.2) is 39.1 Å². The molecule has 0 radical (unpaired) electrons. The van der Waals surface area contributed by atoms with Crippen LogP contribution in [0.2, 0.25) is 0 Å². The van der Waals surface area contributed by atoms with Crippen molar-refractivity contribution in [1.82, 2.24) is 10.0 Å². The van der Waals surface area contributed by atoms with E-state index in [9.17, 15) is 14.0 Å². The van der Waals surface area contributed by atoms with E-state index in [-0.39, 0.29) is 27.6 Å². The first kappa shape index (κ1) is 24.8. The summed E-state index contributed by atoms with van der Waals surface area (Å²) in [7, 11) is 0. The van der Waals surface area contributed by atoms with Crippen LogP contribution in [0.5, 0.6) is 0 Å². The van der Waals surface area contributed by atoms with Crippen molar-refractivity contribution in [3.63, 3.8) is 0 Å². The monoisotopic (exact) mass is 534 g/mol. The van der Waals surface area contributed by atoms with E-state index in [1.807, 2.05) is 29.5 Å². The summed E-state index contributed by atoms with van der Waals surface area (Å²) < 4.78 is 13.6. The molecular weight excluding hydrogens is 499 g/mol. The number of fused-ring (bicyclic) bond motifs is 8. The second-order valence-electron chi connectivity index (χ2n) is 12.5. The molecule has 4 aliphatic carbocycles. The molecule has 38 heavy (non-hydrogen) atoms. The second kappa shape index (κ2) is 8.64. The van der Waals surface area contributed by atoms with Crippen molar-refractivity contribution >= 4 is 33.6 Å². The molecule has 7 unspecified atom stereocenters. The van der Waals surface area contributed by atoms with Gasteiger partial charge in [0, 0.05) is 40.4 Å². The molecule has 2 aromatic rings. The summed E-state index contributed by atoms with van der Waals surface area (Å²) in [5, 5.41) is 3.00. The molecule has 3 saturated carbocycles. The molecule has 1 N–H and O–H groups in total. The van der Waals surface area contributed by atoms with Gasteiger partial charge in [-0.3, -0.25) is 14.4 Å². The summed E-state index contributed by atoms with van der Waals surface area (Å²) in [5.74, 6) is 1.40. The molecule has 5 aliphatic rings. The number of para-hydroxylation sites is 1. The molecule has 0 amide bonds. The van der Waals surface area contributed by atoms with E-state index < -0.39 is 11.6 Å². The molecule has 0 bridgehead atoms. The van der Waals surface area contributed by atoms with Gasteiger partial charge in [-0.1, -0.05) is 55.5 Å². The second-order valence-corrected chi connectivity index (χ2v) is 13.4. The van der Waals surface area contributed by atoms with Gasteiger partial charge in [-0.2, -0.15) is 5.06 Å². The van der Waals surface area contributed by atoms with Crippen LogP contribution >= 0.6 is 11.8 Å². The Bertz CT molecular complexity index is 1380. The van der Waals surface area contributed by atoms with Crippen molar-refractivity contribution in [3.8, 4) is 0 Å². The van der Waals surface area contributed by atoms with Crippen molar-refractivity contribution in [3.05, 3.63) is 59.8 Å². The maximum Gasteiger partial charge on any atom is 0.226 e. The smallest absolute Gasteiger partial charge is 0.226 e. The van der Waals surface area contributed by atoms with Crippen molar-refractivity contribution in [2.24, 2.45) is 34.5 Å². The molecule has 1 saturated heterocycles. The number of hydrogen-bond acceptors (Lipinski definition) is 5. The molecule has 7 rings (SSSR count). The molecule has 1 aromatic heterocycles. The topological polar surface area (TPSA) is 62.4 Å².